The predicted octanol–water partition coefficient (Wildman–Crippen LogP) is 0.610. The first-order chi connectivity index (χ1) is 14.9. The summed E-state index contributed by atoms with van der Waals surface area (Å²) in [4.78, 5) is 27.0. The number of aromatic nitrogens is 2. The van der Waals surface area contributed by atoms with E-state index in [0.717, 1.165) is 18.4 Å². The highest BCUT2D eigenvalue weighted by Crippen LogP contribution is 2.16. The van der Waals surface area contributed by atoms with Gasteiger partial charge < -0.3 is 20.7 Å². The zero-order chi connectivity index (χ0) is 21.8. The maximum Gasteiger partial charge on any atom is 0.282 e. The van der Waals surface area contributed by atoms with Crippen LogP contribution in [-0.2, 0) is 21.0 Å². The van der Waals surface area contributed by atoms with Crippen LogP contribution in [0.25, 0.3) is 0 Å². The molecule has 0 aliphatic carbocycles. The second kappa shape index (κ2) is 8.88. The number of hydrogen-bond donors (Lipinski definition) is 2. The van der Waals surface area contributed by atoms with E-state index in [0.29, 0.717) is 31.2 Å². The average molecular weight is 445 g/mol. The quantitative estimate of drug-likeness (QED) is 0.660. The molecule has 0 saturated carbocycles. The van der Waals surface area contributed by atoms with E-state index in [1.807, 2.05) is 29.2 Å². The van der Waals surface area contributed by atoms with Gasteiger partial charge in [0.1, 0.15) is 18.1 Å². The number of nitrogens with two attached hydrogens (primary N) is 1. The third-order valence-electron chi connectivity index (χ3n) is 5.25. The van der Waals surface area contributed by atoms with Gasteiger partial charge in [-0.05, 0) is 30.5 Å². The molecule has 0 bridgehead atoms. The lowest BCUT2D eigenvalue weighted by Gasteiger charge is -2.27. The Morgan fingerprint density at radius 3 is 2.52 bits per heavy atom. The number of rotatable bonds is 6. The molecule has 2 aromatic rings. The SMILES string of the molecule is NC1=N[C@@H](CCc2ccc(NC(=O)c3cnc(N4CCS(=O)(=O)CC4)cn3)cc2)CO1. The number of carbonyl (C=O) groups excluding carboxylic acids is 1. The molecular formula is C20H24N6O4S. The van der Waals surface area contributed by atoms with Crippen molar-refractivity contribution >= 4 is 33.3 Å². The van der Waals surface area contributed by atoms with Gasteiger partial charge in [0.05, 0.1) is 29.9 Å². The van der Waals surface area contributed by atoms with Crippen LogP contribution in [-0.4, -0.2) is 67.6 Å². The first kappa shape index (κ1) is 21.0. The molecule has 1 saturated heterocycles. The Morgan fingerprint density at radius 1 is 1.16 bits per heavy atom. The molecule has 2 aliphatic heterocycles. The minimum absolute atomic E-state index is 0.0928. The zero-order valence-electron chi connectivity index (χ0n) is 16.9. The molecule has 11 heteroatoms. The summed E-state index contributed by atoms with van der Waals surface area (Å²) in [5.41, 5.74) is 7.50. The lowest BCUT2D eigenvalue weighted by Crippen LogP contribution is -2.40. The van der Waals surface area contributed by atoms with Gasteiger partial charge in [-0.1, -0.05) is 12.1 Å². The number of amidine groups is 1. The highest BCUT2D eigenvalue weighted by atomic mass is 32.2. The highest BCUT2D eigenvalue weighted by molar-refractivity contribution is 7.91. The average Bonchev–Trinajstić information content (AvgIpc) is 3.18. The fourth-order valence-corrected chi connectivity index (χ4v) is 4.61. The standard InChI is InChI=1S/C20H24N6O4S/c21-20-25-16(13-30-20)6-3-14-1-4-15(5-2-14)24-19(27)17-11-23-18(12-22-17)26-7-9-31(28,29)10-8-26/h1-2,4-5,11-12,16H,3,6-10,13H2,(H2,21,25)(H,24,27)/t16-/m0/s1. The number of nitrogens with one attached hydrogen (secondary N) is 1. The minimum atomic E-state index is -2.96. The number of benzene rings is 1. The third-order valence-corrected chi connectivity index (χ3v) is 6.86. The van der Waals surface area contributed by atoms with Crippen molar-refractivity contribution in [3.8, 4) is 0 Å². The van der Waals surface area contributed by atoms with Crippen LogP contribution in [0.2, 0.25) is 0 Å². The van der Waals surface area contributed by atoms with E-state index >= 15 is 0 Å². The van der Waals surface area contributed by atoms with Gasteiger partial charge in [0.15, 0.2) is 9.84 Å². The number of anilines is 2. The van der Waals surface area contributed by atoms with E-state index in [9.17, 15) is 13.2 Å². The molecule has 2 aliphatic rings. The van der Waals surface area contributed by atoms with Gasteiger partial charge in [-0.15, -0.1) is 0 Å². The van der Waals surface area contributed by atoms with E-state index in [-0.39, 0.29) is 35.2 Å². The molecule has 3 heterocycles. The van der Waals surface area contributed by atoms with Crippen molar-refractivity contribution in [3.63, 3.8) is 0 Å². The van der Waals surface area contributed by atoms with Crippen molar-refractivity contribution < 1.29 is 17.9 Å². The summed E-state index contributed by atoms with van der Waals surface area (Å²) in [7, 11) is -2.96. The smallest absolute Gasteiger partial charge is 0.282 e. The van der Waals surface area contributed by atoms with Crippen molar-refractivity contribution in [2.24, 2.45) is 10.7 Å². The summed E-state index contributed by atoms with van der Waals surface area (Å²) in [5, 5.41) is 2.81. The van der Waals surface area contributed by atoms with Gasteiger partial charge in [0.25, 0.3) is 11.9 Å². The van der Waals surface area contributed by atoms with Crippen LogP contribution in [0.4, 0.5) is 11.5 Å². The maximum atomic E-state index is 12.5. The molecule has 0 spiro atoms. The van der Waals surface area contributed by atoms with Crippen LogP contribution < -0.4 is 16.0 Å². The molecule has 31 heavy (non-hydrogen) atoms. The van der Waals surface area contributed by atoms with Crippen molar-refractivity contribution in [3.05, 3.63) is 47.9 Å². The second-order valence-electron chi connectivity index (χ2n) is 7.52. The molecule has 1 amide bonds. The molecule has 3 N–H and O–H groups in total. The van der Waals surface area contributed by atoms with Crippen LogP contribution in [0, 0.1) is 0 Å². The van der Waals surface area contributed by atoms with Crippen molar-refractivity contribution in [2.45, 2.75) is 18.9 Å². The Morgan fingerprint density at radius 2 is 1.90 bits per heavy atom. The van der Waals surface area contributed by atoms with Gasteiger partial charge in [0, 0.05) is 18.8 Å². The molecular weight excluding hydrogens is 420 g/mol. The van der Waals surface area contributed by atoms with E-state index in [1.165, 1.54) is 12.4 Å². The van der Waals surface area contributed by atoms with Gasteiger partial charge in [0.2, 0.25) is 0 Å². The zero-order valence-corrected chi connectivity index (χ0v) is 17.7. The Bertz CT molecular complexity index is 1060. The summed E-state index contributed by atoms with van der Waals surface area (Å²) in [6.45, 7) is 1.28. The molecule has 0 unspecified atom stereocenters. The van der Waals surface area contributed by atoms with Crippen LogP contribution in [0.15, 0.2) is 41.7 Å². The Kier molecular flexibility index (Phi) is 6.03. The summed E-state index contributed by atoms with van der Waals surface area (Å²) in [6, 6.07) is 7.94. The summed E-state index contributed by atoms with van der Waals surface area (Å²) in [6.07, 6.45) is 4.58. The number of nitrogens with zero attached hydrogens (tertiary/aromatic N) is 4. The largest absolute Gasteiger partial charge is 0.463 e. The third kappa shape index (κ3) is 5.48. The predicted molar refractivity (Wildman–Crippen MR) is 117 cm³/mol. The maximum absolute atomic E-state index is 12.5. The van der Waals surface area contributed by atoms with Crippen LogP contribution in [0.5, 0.6) is 0 Å². The summed E-state index contributed by atoms with van der Waals surface area (Å²) < 4.78 is 28.2. The van der Waals surface area contributed by atoms with E-state index < -0.39 is 9.84 Å². The monoisotopic (exact) mass is 444 g/mol. The lowest BCUT2D eigenvalue weighted by atomic mass is 10.1. The van der Waals surface area contributed by atoms with Crippen LogP contribution >= 0.6 is 0 Å². The van der Waals surface area contributed by atoms with Gasteiger partial charge in [-0.2, -0.15) is 0 Å². The summed E-state index contributed by atoms with van der Waals surface area (Å²) in [5.74, 6) is 0.404. The fraction of sp³-hybridized carbons (Fsp3) is 0.400. The van der Waals surface area contributed by atoms with Crippen molar-refractivity contribution in [1.29, 1.82) is 0 Å². The molecule has 4 rings (SSSR count). The molecule has 1 atom stereocenters. The Hall–Kier alpha value is -3.21. The number of carbonyl (C=O) groups is 1. The number of hydrogen-bond acceptors (Lipinski definition) is 9. The molecule has 164 valence electrons. The normalized spacial score (nSPS) is 20.1. The van der Waals surface area contributed by atoms with E-state index in [2.05, 4.69) is 20.3 Å². The Balaban J connectivity index is 1.29. The van der Waals surface area contributed by atoms with Gasteiger partial charge in [-0.3, -0.25) is 4.79 Å². The van der Waals surface area contributed by atoms with Gasteiger partial charge >= 0.3 is 0 Å². The highest BCUT2D eigenvalue weighted by Gasteiger charge is 2.23. The summed E-state index contributed by atoms with van der Waals surface area (Å²) >= 11 is 0. The van der Waals surface area contributed by atoms with Crippen molar-refractivity contribution in [2.75, 3.05) is 41.4 Å². The molecule has 10 nitrogen and oxygen atoms in total. The molecule has 1 fully saturated rings. The van der Waals surface area contributed by atoms with Crippen LogP contribution in [0.1, 0.15) is 22.5 Å². The minimum Gasteiger partial charge on any atom is -0.463 e. The molecule has 0 radical (unpaired) electrons. The van der Waals surface area contributed by atoms with Gasteiger partial charge in [-0.25, -0.2) is 23.4 Å². The number of sulfone groups is 1. The second-order valence-corrected chi connectivity index (χ2v) is 9.82. The number of aliphatic imine (C=N–C) groups is 1. The first-order valence-electron chi connectivity index (χ1n) is 10.0. The Labute approximate surface area is 180 Å². The number of amides is 1. The van der Waals surface area contributed by atoms with E-state index in [1.54, 1.807) is 0 Å². The number of aryl methyl sites for hydroxylation is 1. The molecule has 1 aromatic carbocycles. The first-order valence-corrected chi connectivity index (χ1v) is 11.8. The molecule has 1 aromatic heterocycles. The topological polar surface area (TPSA) is 140 Å². The van der Waals surface area contributed by atoms with E-state index in [4.69, 9.17) is 10.5 Å². The van der Waals surface area contributed by atoms with Crippen molar-refractivity contribution in [1.82, 2.24) is 9.97 Å². The fourth-order valence-electron chi connectivity index (χ4n) is 3.41. The lowest BCUT2D eigenvalue weighted by molar-refractivity contribution is 0.102. The van der Waals surface area contributed by atoms with Crippen LogP contribution in [0.3, 0.4) is 0 Å². The number of ether oxygens (including phenoxy) is 1.